The van der Waals surface area contributed by atoms with Crippen molar-refractivity contribution in [1.29, 1.82) is 0 Å². The molecule has 24 heavy (non-hydrogen) atoms. The van der Waals surface area contributed by atoms with E-state index in [1.165, 1.54) is 27.4 Å². The maximum atomic E-state index is 12.5. The molecule has 3 aromatic rings. The van der Waals surface area contributed by atoms with Crippen LogP contribution in [0, 0.1) is 6.92 Å². The SMILES string of the molecule is Cc1nc(C(=O)N2CCC(n3nnc4ccsc4c3=O)CC2)cs1. The average molecular weight is 361 g/mol. The molecule has 0 saturated carbocycles. The standard InChI is InChI=1S/C15H15N5O2S2/c1-9-16-12(8-24-9)14(21)19-5-2-10(3-6-19)20-15(22)13-11(17-18-20)4-7-23-13/h4,7-8,10H,2-3,5-6H2,1H3. The van der Waals surface area contributed by atoms with Gasteiger partial charge in [0.25, 0.3) is 11.5 Å². The van der Waals surface area contributed by atoms with E-state index in [4.69, 9.17) is 0 Å². The molecule has 1 amide bonds. The Morgan fingerprint density at radius 1 is 1.29 bits per heavy atom. The van der Waals surface area contributed by atoms with Gasteiger partial charge in [-0.2, -0.15) is 0 Å². The van der Waals surface area contributed by atoms with Crippen molar-refractivity contribution in [1.82, 2.24) is 24.9 Å². The number of hydrogen-bond donors (Lipinski definition) is 0. The fraction of sp³-hybridized carbons (Fsp3) is 0.400. The van der Waals surface area contributed by atoms with Crippen molar-refractivity contribution in [3.05, 3.63) is 37.9 Å². The van der Waals surface area contributed by atoms with Gasteiger partial charge in [0.15, 0.2) is 0 Å². The van der Waals surface area contributed by atoms with Crippen LogP contribution < -0.4 is 5.56 Å². The summed E-state index contributed by atoms with van der Waals surface area (Å²) in [5, 5.41) is 12.7. The molecule has 0 spiro atoms. The number of likely N-dealkylation sites (tertiary alicyclic amines) is 1. The van der Waals surface area contributed by atoms with Crippen molar-refractivity contribution in [3.63, 3.8) is 0 Å². The zero-order chi connectivity index (χ0) is 16.7. The Balaban J connectivity index is 1.50. The van der Waals surface area contributed by atoms with Crippen molar-refractivity contribution in [2.75, 3.05) is 13.1 Å². The van der Waals surface area contributed by atoms with Crippen LogP contribution in [-0.4, -0.2) is 43.9 Å². The molecule has 0 aromatic carbocycles. The molecule has 4 rings (SSSR count). The number of thiazole rings is 1. The number of aryl methyl sites for hydroxylation is 1. The van der Waals surface area contributed by atoms with E-state index >= 15 is 0 Å². The lowest BCUT2D eigenvalue weighted by molar-refractivity contribution is 0.0682. The van der Waals surface area contributed by atoms with Gasteiger partial charge < -0.3 is 4.90 Å². The summed E-state index contributed by atoms with van der Waals surface area (Å²) in [6.07, 6.45) is 1.39. The molecule has 1 aliphatic heterocycles. The van der Waals surface area contributed by atoms with Gasteiger partial charge in [0.2, 0.25) is 0 Å². The molecule has 1 saturated heterocycles. The van der Waals surface area contributed by atoms with E-state index in [0.717, 1.165) is 5.01 Å². The van der Waals surface area contributed by atoms with Crippen LogP contribution in [-0.2, 0) is 0 Å². The number of aromatic nitrogens is 4. The molecule has 0 unspecified atom stereocenters. The molecule has 9 heteroatoms. The molecule has 0 atom stereocenters. The first-order valence-corrected chi connectivity index (χ1v) is 9.43. The molecule has 4 heterocycles. The van der Waals surface area contributed by atoms with E-state index in [0.29, 0.717) is 41.8 Å². The van der Waals surface area contributed by atoms with Crippen LogP contribution in [0.4, 0.5) is 0 Å². The second-order valence-electron chi connectivity index (χ2n) is 5.75. The van der Waals surface area contributed by atoms with E-state index in [2.05, 4.69) is 15.3 Å². The Hall–Kier alpha value is -2.13. The van der Waals surface area contributed by atoms with Crippen molar-refractivity contribution in [2.45, 2.75) is 25.8 Å². The van der Waals surface area contributed by atoms with Gasteiger partial charge in [-0.25, -0.2) is 9.67 Å². The Morgan fingerprint density at radius 3 is 2.79 bits per heavy atom. The van der Waals surface area contributed by atoms with Gasteiger partial charge in [-0.1, -0.05) is 5.21 Å². The minimum Gasteiger partial charge on any atom is -0.337 e. The number of piperidine rings is 1. The molecule has 0 radical (unpaired) electrons. The minimum absolute atomic E-state index is 0.0160. The highest BCUT2D eigenvalue weighted by Crippen LogP contribution is 2.23. The van der Waals surface area contributed by atoms with Gasteiger partial charge in [0, 0.05) is 18.5 Å². The molecular weight excluding hydrogens is 346 g/mol. The summed E-state index contributed by atoms with van der Waals surface area (Å²) in [5.41, 5.74) is 1.07. The molecule has 3 aromatic heterocycles. The highest BCUT2D eigenvalue weighted by molar-refractivity contribution is 7.17. The van der Waals surface area contributed by atoms with Crippen LogP contribution in [0.5, 0.6) is 0 Å². The first-order chi connectivity index (χ1) is 11.6. The zero-order valence-electron chi connectivity index (χ0n) is 13.0. The number of fused-ring (bicyclic) bond motifs is 1. The third-order valence-electron chi connectivity index (χ3n) is 4.23. The summed E-state index contributed by atoms with van der Waals surface area (Å²) in [5.74, 6) is -0.0371. The Labute approximate surface area is 145 Å². The number of thiophene rings is 1. The van der Waals surface area contributed by atoms with Gasteiger partial charge in [0.1, 0.15) is 15.9 Å². The summed E-state index contributed by atoms with van der Waals surface area (Å²) < 4.78 is 2.12. The molecule has 0 bridgehead atoms. The van der Waals surface area contributed by atoms with E-state index in [-0.39, 0.29) is 17.5 Å². The summed E-state index contributed by atoms with van der Waals surface area (Å²) in [4.78, 5) is 31.0. The molecule has 0 N–H and O–H groups in total. The molecular formula is C15H15N5O2S2. The molecule has 124 valence electrons. The van der Waals surface area contributed by atoms with Gasteiger partial charge in [0.05, 0.1) is 11.0 Å². The van der Waals surface area contributed by atoms with Crippen molar-refractivity contribution >= 4 is 38.8 Å². The van der Waals surface area contributed by atoms with Crippen LogP contribution >= 0.6 is 22.7 Å². The number of hydrogen-bond acceptors (Lipinski definition) is 7. The second kappa shape index (κ2) is 6.06. The van der Waals surface area contributed by atoms with E-state index in [1.807, 2.05) is 12.3 Å². The molecule has 1 fully saturated rings. The number of carbonyl (C=O) groups excluding carboxylic acids is 1. The van der Waals surface area contributed by atoms with Crippen LogP contribution in [0.2, 0.25) is 0 Å². The lowest BCUT2D eigenvalue weighted by Crippen LogP contribution is -2.41. The van der Waals surface area contributed by atoms with Crippen LogP contribution in [0.25, 0.3) is 10.2 Å². The summed E-state index contributed by atoms with van der Waals surface area (Å²) in [6, 6.07) is 1.79. The summed E-state index contributed by atoms with van der Waals surface area (Å²) >= 11 is 2.87. The van der Waals surface area contributed by atoms with E-state index in [9.17, 15) is 9.59 Å². The first kappa shape index (κ1) is 15.4. The maximum absolute atomic E-state index is 12.5. The third-order valence-corrected chi connectivity index (χ3v) is 5.90. The van der Waals surface area contributed by atoms with Gasteiger partial charge in [-0.3, -0.25) is 9.59 Å². The predicted octanol–water partition coefficient (Wildman–Crippen LogP) is 2.10. The molecule has 1 aliphatic rings. The smallest absolute Gasteiger partial charge is 0.287 e. The molecule has 7 nitrogen and oxygen atoms in total. The predicted molar refractivity (Wildman–Crippen MR) is 92.7 cm³/mol. The fourth-order valence-corrected chi connectivity index (χ4v) is 4.30. The maximum Gasteiger partial charge on any atom is 0.287 e. The largest absolute Gasteiger partial charge is 0.337 e. The van der Waals surface area contributed by atoms with Crippen LogP contribution in [0.3, 0.4) is 0 Å². The van der Waals surface area contributed by atoms with Gasteiger partial charge in [-0.15, -0.1) is 27.8 Å². The Bertz CT molecular complexity index is 952. The van der Waals surface area contributed by atoms with Crippen molar-refractivity contribution in [2.24, 2.45) is 0 Å². The fourth-order valence-electron chi connectivity index (χ4n) is 2.96. The molecule has 0 aliphatic carbocycles. The highest BCUT2D eigenvalue weighted by Gasteiger charge is 2.27. The van der Waals surface area contributed by atoms with Crippen molar-refractivity contribution < 1.29 is 4.79 Å². The van der Waals surface area contributed by atoms with E-state index < -0.39 is 0 Å². The second-order valence-corrected chi connectivity index (χ2v) is 7.73. The zero-order valence-corrected chi connectivity index (χ0v) is 14.6. The first-order valence-electron chi connectivity index (χ1n) is 7.67. The summed E-state index contributed by atoms with van der Waals surface area (Å²) in [6.45, 7) is 3.08. The quantitative estimate of drug-likeness (QED) is 0.698. The Morgan fingerprint density at radius 2 is 2.08 bits per heavy atom. The lowest BCUT2D eigenvalue weighted by Gasteiger charge is -2.31. The topological polar surface area (TPSA) is 81.0 Å². The van der Waals surface area contributed by atoms with Gasteiger partial charge >= 0.3 is 0 Å². The number of nitrogens with zero attached hydrogens (tertiary/aromatic N) is 5. The lowest BCUT2D eigenvalue weighted by atomic mass is 10.0. The summed E-state index contributed by atoms with van der Waals surface area (Å²) in [7, 11) is 0. The number of amides is 1. The minimum atomic E-state index is -0.0881. The van der Waals surface area contributed by atoms with Crippen molar-refractivity contribution in [3.8, 4) is 0 Å². The third kappa shape index (κ3) is 2.63. The monoisotopic (exact) mass is 361 g/mol. The highest BCUT2D eigenvalue weighted by atomic mass is 32.1. The van der Waals surface area contributed by atoms with Gasteiger partial charge in [-0.05, 0) is 31.2 Å². The van der Waals surface area contributed by atoms with Crippen LogP contribution in [0.1, 0.15) is 34.4 Å². The number of rotatable bonds is 2. The van der Waals surface area contributed by atoms with Crippen LogP contribution in [0.15, 0.2) is 21.6 Å². The number of carbonyl (C=O) groups is 1. The Kier molecular flexibility index (Phi) is 3.89. The van der Waals surface area contributed by atoms with E-state index in [1.54, 1.807) is 16.3 Å². The normalized spacial score (nSPS) is 16.0. The average Bonchev–Trinajstić information content (AvgIpc) is 3.24.